The summed E-state index contributed by atoms with van der Waals surface area (Å²) in [5, 5.41) is 20.8. The van der Waals surface area contributed by atoms with Gasteiger partial charge in [0.1, 0.15) is 36.5 Å². The number of halogens is 8. The van der Waals surface area contributed by atoms with E-state index in [-0.39, 0.29) is 12.5 Å². The quantitative estimate of drug-likeness (QED) is 0.0370. The molecule has 0 spiro atoms. The van der Waals surface area contributed by atoms with Gasteiger partial charge in [-0.25, -0.2) is 29.1 Å². The number of alkyl carbamates (subject to hydrolysis) is 2. The number of esters is 2. The van der Waals surface area contributed by atoms with Crippen molar-refractivity contribution < 1.29 is 47.7 Å². The van der Waals surface area contributed by atoms with Crippen molar-refractivity contribution in [2.24, 2.45) is 0 Å². The Labute approximate surface area is 495 Å². The summed E-state index contributed by atoms with van der Waals surface area (Å²) in [5.41, 5.74) is 1.72. The molecule has 0 aliphatic rings. The number of alkyl halides is 6. The summed E-state index contributed by atoms with van der Waals surface area (Å²) in [5.74, 6) is -1.42. The van der Waals surface area contributed by atoms with Gasteiger partial charge in [0.05, 0.1) is 33.6 Å². The second-order valence-electron chi connectivity index (χ2n) is 20.5. The van der Waals surface area contributed by atoms with Gasteiger partial charge in [-0.3, -0.25) is 0 Å². The second kappa shape index (κ2) is 33.0. The molecule has 3 N–H and O–H groups in total. The average Bonchev–Trinajstić information content (AvgIpc) is 3.86. The number of rotatable bonds is 25. The molecule has 14 nitrogen and oxygen atoms in total. The molecule has 0 radical (unpaired) electrons. The van der Waals surface area contributed by atoms with Crippen LogP contribution in [-0.4, -0.2) is 104 Å². The van der Waals surface area contributed by atoms with Crippen molar-refractivity contribution in [2.45, 2.75) is 208 Å². The number of aliphatic hydroxyl groups excluding tert-OH is 1. The molecule has 2 amide bonds. The van der Waals surface area contributed by atoms with Crippen molar-refractivity contribution in [2.75, 3.05) is 13.2 Å². The Kier molecular flexibility index (Phi) is 31.7. The number of nitrogens with zero attached hydrogens (tertiary/aromatic N) is 2. The Morgan fingerprint density at radius 2 is 1.03 bits per heavy atom. The van der Waals surface area contributed by atoms with E-state index in [0.717, 1.165) is 30.4 Å². The Morgan fingerprint density at radius 1 is 0.662 bits per heavy atom. The average molecular weight is 1350 g/mol. The Morgan fingerprint density at radius 3 is 1.35 bits per heavy atom. The van der Waals surface area contributed by atoms with E-state index in [1.54, 1.807) is 59.0 Å². The van der Waals surface area contributed by atoms with Crippen molar-refractivity contribution in [3.63, 3.8) is 0 Å². The molecule has 0 saturated carbocycles. The molecule has 0 bridgehead atoms. The van der Waals surface area contributed by atoms with E-state index in [0.29, 0.717) is 61.6 Å². The molecule has 424 valence electrons. The minimum atomic E-state index is -2.10. The number of aliphatic hydroxyl groups is 1. The number of hydrogen-bond donors (Lipinski definition) is 3. The molecule has 2 aromatic rings. The Bertz CT molecular complexity index is 2100. The first-order valence-corrected chi connectivity index (χ1v) is 31.9. The predicted molar refractivity (Wildman–Crippen MR) is 314 cm³/mol. The number of thiazole rings is 2. The summed E-state index contributed by atoms with van der Waals surface area (Å²) in [4.78, 5) is 59.0. The van der Waals surface area contributed by atoms with Crippen LogP contribution in [-0.2, 0) is 58.6 Å². The van der Waals surface area contributed by atoms with Gasteiger partial charge in [-0.05, 0) is 132 Å². The monoisotopic (exact) mass is 1340 g/mol. The highest BCUT2D eigenvalue weighted by Crippen LogP contribution is 2.44. The number of aryl methyl sites for hydroxylation is 2. The zero-order chi connectivity index (χ0) is 57.0. The second-order valence-corrected chi connectivity index (χ2v) is 35.4. The molecular formula is C49H76Br2Cl6N4O10S2Si. The fourth-order valence-corrected chi connectivity index (χ4v) is 15.9. The van der Waals surface area contributed by atoms with Gasteiger partial charge in [-0.1, -0.05) is 143 Å². The van der Waals surface area contributed by atoms with Crippen LogP contribution >= 0.6 is 124 Å². The maximum atomic E-state index is 12.7. The molecule has 2 heterocycles. The topological polar surface area (TPSA) is 184 Å². The normalized spacial score (nSPS) is 14.7. The highest BCUT2D eigenvalue weighted by molar-refractivity contribution is 9.12. The fraction of sp³-hybridized carbons (Fsp3) is 0.714. The van der Waals surface area contributed by atoms with Crippen LogP contribution in [0.1, 0.15) is 144 Å². The standard InChI is InChI=1S/C29H48BrCl3N2O5SSi.C20H28BrCl3N2O5S/c1-18(2)42(19(3)4,20(5)6)40-23(14-21(7)30)15-25-34-22(16-41-25)12-11-13-24(26(36)38-17-29(31,32)33)35-27(37)39-28(8,9)10;1-12(21)8-14(27)9-16-25-13(10-32-16)6-5-7-15(17(28)30-11-20(22,23)24)26-18(29)31-19(2,3)4/h14,16,18-20,23-24H,11-13,15,17H2,1-10H3,(H,35,37);8,10,14-15,27H,5-7,9,11H2,1-4H3,(H,26,29)/b21-14+;12-8+/t23-,24+;14-,15+/m00/s1. The summed E-state index contributed by atoms with van der Waals surface area (Å²) in [6.45, 7) is 27.1. The van der Waals surface area contributed by atoms with Gasteiger partial charge in [0.2, 0.25) is 15.9 Å². The number of allylic oxidation sites excluding steroid dienone is 2. The summed E-state index contributed by atoms with van der Waals surface area (Å²) < 4.78 is 26.1. The van der Waals surface area contributed by atoms with E-state index < -0.39 is 82.6 Å². The number of hydrogen-bond acceptors (Lipinski definition) is 14. The third-order valence-corrected chi connectivity index (χ3v) is 19.6. The largest absolute Gasteiger partial charge is 0.460 e. The number of nitrogens with one attached hydrogen (secondary N) is 2. The number of amides is 2. The third kappa shape index (κ3) is 31.0. The molecule has 0 aromatic carbocycles. The van der Waals surface area contributed by atoms with Crippen LogP contribution in [0.4, 0.5) is 9.59 Å². The maximum Gasteiger partial charge on any atom is 0.408 e. The van der Waals surface area contributed by atoms with Gasteiger partial charge >= 0.3 is 24.1 Å². The molecule has 0 aliphatic carbocycles. The summed E-state index contributed by atoms with van der Waals surface area (Å²) >= 11 is 44.1. The van der Waals surface area contributed by atoms with Gasteiger partial charge in [0, 0.05) is 23.6 Å². The number of carbonyl (C=O) groups excluding carboxylic acids is 4. The fourth-order valence-electron chi connectivity index (χ4n) is 7.73. The van der Waals surface area contributed by atoms with Crippen LogP contribution in [0.3, 0.4) is 0 Å². The van der Waals surface area contributed by atoms with Gasteiger partial charge in [-0.15, -0.1) is 22.7 Å². The van der Waals surface area contributed by atoms with Crippen molar-refractivity contribution in [3.8, 4) is 0 Å². The number of ether oxygens (including phenoxy) is 4. The summed E-state index contributed by atoms with van der Waals surface area (Å²) in [6, 6.07) is -1.93. The molecule has 0 aliphatic heterocycles. The zero-order valence-corrected chi connectivity index (χ0v) is 55.1. The minimum Gasteiger partial charge on any atom is -0.460 e. The highest BCUT2D eigenvalue weighted by atomic mass is 79.9. The van der Waals surface area contributed by atoms with Crippen molar-refractivity contribution in [1.82, 2.24) is 20.6 Å². The van der Waals surface area contributed by atoms with E-state index in [4.69, 9.17) is 98.0 Å². The van der Waals surface area contributed by atoms with Crippen LogP contribution in [0.25, 0.3) is 0 Å². The molecule has 2 rings (SSSR count). The SMILES string of the molecule is C/C(Br)=C\[C@@H](Cc1nc(CCC[C@@H](NC(=O)OC(C)(C)C)C(=O)OCC(Cl)(Cl)Cl)cs1)O[Si](C(C)C)(C(C)C)C(C)C.C/C(Br)=C\[C@H](O)Cc1nc(CCC[C@@H](NC(=O)OC(C)(C)C)C(=O)OCC(Cl)(Cl)Cl)cs1. The summed E-state index contributed by atoms with van der Waals surface area (Å²) in [6.07, 6.45) is 5.64. The molecule has 2 aromatic heterocycles. The first kappa shape index (κ1) is 71.1. The smallest absolute Gasteiger partial charge is 0.408 e. The molecule has 25 heteroatoms. The van der Waals surface area contributed by atoms with E-state index >= 15 is 0 Å². The lowest BCUT2D eigenvalue weighted by molar-refractivity contribution is -0.147. The molecule has 0 saturated heterocycles. The van der Waals surface area contributed by atoms with Crippen LogP contribution in [0.2, 0.25) is 16.6 Å². The highest BCUT2D eigenvalue weighted by Gasteiger charge is 2.46. The van der Waals surface area contributed by atoms with Crippen molar-refractivity contribution in [1.29, 1.82) is 0 Å². The molecular weight excluding hydrogens is 1270 g/mol. The van der Waals surface area contributed by atoms with Crippen LogP contribution < -0.4 is 10.6 Å². The summed E-state index contributed by atoms with van der Waals surface area (Å²) in [7, 11) is -2.10. The Hall–Kier alpha value is -0.943. The third-order valence-electron chi connectivity index (χ3n) is 10.4. The van der Waals surface area contributed by atoms with E-state index in [9.17, 15) is 24.3 Å². The Balaban J connectivity index is 0.000000768. The van der Waals surface area contributed by atoms with Gasteiger partial charge in [-0.2, -0.15) is 0 Å². The molecule has 0 unspecified atom stereocenters. The van der Waals surface area contributed by atoms with Gasteiger partial charge < -0.3 is 39.1 Å². The molecule has 0 fully saturated rings. The van der Waals surface area contributed by atoms with E-state index in [1.165, 1.54) is 11.3 Å². The lowest BCUT2D eigenvalue weighted by atomic mass is 10.1. The lowest BCUT2D eigenvalue weighted by Gasteiger charge is -2.44. The molecule has 4 atom stereocenters. The molecule has 74 heavy (non-hydrogen) atoms. The predicted octanol–water partition coefficient (Wildman–Crippen LogP) is 15.1. The zero-order valence-electron chi connectivity index (χ0n) is 44.8. The van der Waals surface area contributed by atoms with Crippen LogP contribution in [0, 0.1) is 0 Å². The van der Waals surface area contributed by atoms with Gasteiger partial charge in [0.25, 0.3) is 0 Å². The lowest BCUT2D eigenvalue weighted by Crippen LogP contribution is -2.50. The van der Waals surface area contributed by atoms with Crippen LogP contribution in [0.5, 0.6) is 0 Å². The first-order chi connectivity index (χ1) is 33.8. The van der Waals surface area contributed by atoms with Crippen molar-refractivity contribution in [3.05, 3.63) is 53.3 Å². The van der Waals surface area contributed by atoms with Crippen LogP contribution in [0.15, 0.2) is 31.9 Å². The van der Waals surface area contributed by atoms with E-state index in [2.05, 4.69) is 95.1 Å². The number of aromatic nitrogens is 2. The van der Waals surface area contributed by atoms with Crippen molar-refractivity contribution >= 4 is 157 Å². The maximum absolute atomic E-state index is 12.7. The minimum absolute atomic E-state index is 0.0858. The van der Waals surface area contributed by atoms with E-state index in [1.807, 2.05) is 24.6 Å². The van der Waals surface area contributed by atoms with Gasteiger partial charge in [0.15, 0.2) is 0 Å². The number of carbonyl (C=O) groups is 4. The first-order valence-electron chi connectivity index (χ1n) is 24.2.